The monoisotopic (exact) mass is 219 g/mol. The molecule has 2 nitrogen and oxygen atoms in total. The van der Waals surface area contributed by atoms with Crippen molar-refractivity contribution in [3.05, 3.63) is 29.3 Å². The van der Waals surface area contributed by atoms with E-state index in [2.05, 4.69) is 44.3 Å². The highest BCUT2D eigenvalue weighted by Gasteiger charge is 2.22. The van der Waals surface area contributed by atoms with Crippen molar-refractivity contribution in [1.29, 1.82) is 0 Å². The Kier molecular flexibility index (Phi) is 3.49. The number of ether oxygens (including phenoxy) is 1. The van der Waals surface area contributed by atoms with E-state index < -0.39 is 0 Å². The van der Waals surface area contributed by atoms with Crippen LogP contribution in [-0.2, 0) is 6.42 Å². The van der Waals surface area contributed by atoms with Gasteiger partial charge in [0, 0.05) is 12.5 Å². The maximum absolute atomic E-state index is 5.90. The quantitative estimate of drug-likeness (QED) is 0.840. The van der Waals surface area contributed by atoms with E-state index in [1.807, 2.05) is 0 Å². The molecule has 1 aromatic rings. The highest BCUT2D eigenvalue weighted by molar-refractivity contribution is 5.40. The second kappa shape index (κ2) is 4.88. The van der Waals surface area contributed by atoms with Gasteiger partial charge < -0.3 is 10.1 Å². The van der Waals surface area contributed by atoms with Gasteiger partial charge in [-0.25, -0.2) is 0 Å². The van der Waals surface area contributed by atoms with E-state index in [0.29, 0.717) is 12.1 Å². The molecular formula is C14H21NO. The molecule has 2 rings (SSSR count). The molecule has 2 heteroatoms. The summed E-state index contributed by atoms with van der Waals surface area (Å²) in [6.45, 7) is 7.52. The summed E-state index contributed by atoms with van der Waals surface area (Å²) < 4.78 is 5.90. The van der Waals surface area contributed by atoms with Crippen LogP contribution < -0.4 is 10.1 Å². The van der Waals surface area contributed by atoms with Crippen molar-refractivity contribution in [2.24, 2.45) is 0 Å². The summed E-state index contributed by atoms with van der Waals surface area (Å²) in [5.41, 5.74) is 2.69. The molecule has 0 saturated heterocycles. The van der Waals surface area contributed by atoms with Crippen LogP contribution in [0.2, 0.25) is 0 Å². The van der Waals surface area contributed by atoms with Gasteiger partial charge in [-0.2, -0.15) is 0 Å². The van der Waals surface area contributed by atoms with Gasteiger partial charge in [0.05, 0.1) is 0 Å². The Hall–Kier alpha value is -1.02. The molecule has 0 spiro atoms. The van der Waals surface area contributed by atoms with Crippen LogP contribution in [0.25, 0.3) is 0 Å². The van der Waals surface area contributed by atoms with Crippen LogP contribution in [0.1, 0.15) is 31.4 Å². The predicted molar refractivity (Wildman–Crippen MR) is 67.1 cm³/mol. The number of nitrogens with one attached hydrogen (secondary N) is 1. The van der Waals surface area contributed by atoms with Crippen LogP contribution in [0.4, 0.5) is 0 Å². The molecular weight excluding hydrogens is 198 g/mol. The van der Waals surface area contributed by atoms with Gasteiger partial charge in [-0.3, -0.25) is 0 Å². The number of hydrogen-bond acceptors (Lipinski definition) is 2. The van der Waals surface area contributed by atoms with Crippen molar-refractivity contribution in [3.63, 3.8) is 0 Å². The molecule has 1 N–H and O–H groups in total. The first-order chi connectivity index (χ1) is 7.65. The van der Waals surface area contributed by atoms with E-state index in [4.69, 9.17) is 4.74 Å². The summed E-state index contributed by atoms with van der Waals surface area (Å²) in [7, 11) is 0. The minimum absolute atomic E-state index is 0.364. The minimum Gasteiger partial charge on any atom is -0.490 e. The molecule has 1 aromatic carbocycles. The first-order valence-electron chi connectivity index (χ1n) is 6.14. The third-order valence-corrected chi connectivity index (χ3v) is 2.98. The zero-order valence-corrected chi connectivity index (χ0v) is 10.4. The van der Waals surface area contributed by atoms with Crippen LogP contribution in [0, 0.1) is 6.92 Å². The molecule has 0 saturated carbocycles. The van der Waals surface area contributed by atoms with Crippen LogP contribution in [0.5, 0.6) is 5.75 Å². The molecule has 1 heterocycles. The van der Waals surface area contributed by atoms with Gasteiger partial charge in [-0.05, 0) is 31.5 Å². The molecule has 0 amide bonds. The van der Waals surface area contributed by atoms with Crippen molar-refractivity contribution in [1.82, 2.24) is 5.32 Å². The van der Waals surface area contributed by atoms with E-state index in [-0.39, 0.29) is 0 Å². The van der Waals surface area contributed by atoms with Gasteiger partial charge in [0.25, 0.3) is 0 Å². The molecule has 0 fully saturated rings. The third-order valence-electron chi connectivity index (χ3n) is 2.98. The molecule has 1 unspecified atom stereocenters. The molecule has 16 heavy (non-hydrogen) atoms. The molecule has 1 aliphatic rings. The Morgan fingerprint density at radius 1 is 1.44 bits per heavy atom. The fourth-order valence-corrected chi connectivity index (χ4v) is 2.14. The van der Waals surface area contributed by atoms with E-state index in [1.165, 1.54) is 11.1 Å². The third kappa shape index (κ3) is 2.76. The molecule has 0 radical (unpaired) electrons. The van der Waals surface area contributed by atoms with Crippen LogP contribution in [0.15, 0.2) is 18.2 Å². The van der Waals surface area contributed by atoms with E-state index in [1.54, 1.807) is 0 Å². The standard InChI is InChI=1S/C14H21NO/c1-10(2)15-7-6-13-9-12-8-11(3)4-5-14(12)16-13/h4-5,8,10,13,15H,6-7,9H2,1-3H3. The number of aryl methyl sites for hydroxylation is 1. The molecule has 88 valence electrons. The lowest BCUT2D eigenvalue weighted by Gasteiger charge is -2.12. The highest BCUT2D eigenvalue weighted by Crippen LogP contribution is 2.30. The zero-order chi connectivity index (χ0) is 11.5. The predicted octanol–water partition coefficient (Wildman–Crippen LogP) is 2.69. The van der Waals surface area contributed by atoms with Gasteiger partial charge in [-0.1, -0.05) is 31.5 Å². The SMILES string of the molecule is Cc1ccc2c(c1)CC(CCNC(C)C)O2. The normalized spacial score (nSPS) is 18.6. The van der Waals surface area contributed by atoms with E-state index in [9.17, 15) is 0 Å². The number of benzene rings is 1. The van der Waals surface area contributed by atoms with E-state index >= 15 is 0 Å². The summed E-state index contributed by atoms with van der Waals surface area (Å²) in [4.78, 5) is 0. The fraction of sp³-hybridized carbons (Fsp3) is 0.571. The molecule has 1 aliphatic heterocycles. The fourth-order valence-electron chi connectivity index (χ4n) is 2.14. The molecule has 1 atom stereocenters. The largest absolute Gasteiger partial charge is 0.490 e. The second-order valence-electron chi connectivity index (χ2n) is 4.95. The van der Waals surface area contributed by atoms with E-state index in [0.717, 1.165) is 25.1 Å². The Bertz CT molecular complexity index is 360. The zero-order valence-electron chi connectivity index (χ0n) is 10.4. The summed E-state index contributed by atoms with van der Waals surface area (Å²) in [6, 6.07) is 7.02. The van der Waals surface area contributed by atoms with Crippen LogP contribution >= 0.6 is 0 Å². The Morgan fingerprint density at radius 3 is 3.00 bits per heavy atom. The highest BCUT2D eigenvalue weighted by atomic mass is 16.5. The summed E-state index contributed by atoms with van der Waals surface area (Å²) in [6.07, 6.45) is 2.52. The lowest BCUT2D eigenvalue weighted by molar-refractivity contribution is 0.219. The lowest BCUT2D eigenvalue weighted by atomic mass is 10.1. The summed E-state index contributed by atoms with van der Waals surface area (Å²) >= 11 is 0. The number of fused-ring (bicyclic) bond motifs is 1. The molecule has 0 bridgehead atoms. The minimum atomic E-state index is 0.364. The van der Waals surface area contributed by atoms with Gasteiger partial charge >= 0.3 is 0 Å². The number of hydrogen-bond donors (Lipinski definition) is 1. The van der Waals surface area contributed by atoms with Gasteiger partial charge in [0.1, 0.15) is 11.9 Å². The summed E-state index contributed by atoms with van der Waals surface area (Å²) in [5.74, 6) is 1.08. The Balaban J connectivity index is 1.86. The lowest BCUT2D eigenvalue weighted by Crippen LogP contribution is -2.28. The number of rotatable bonds is 4. The average molecular weight is 219 g/mol. The van der Waals surface area contributed by atoms with Crippen molar-refractivity contribution in [3.8, 4) is 5.75 Å². The Labute approximate surface area is 98.0 Å². The van der Waals surface area contributed by atoms with Crippen LogP contribution in [-0.4, -0.2) is 18.7 Å². The van der Waals surface area contributed by atoms with Gasteiger partial charge in [0.15, 0.2) is 0 Å². The Morgan fingerprint density at radius 2 is 2.25 bits per heavy atom. The van der Waals surface area contributed by atoms with Crippen molar-refractivity contribution in [2.45, 2.75) is 45.8 Å². The van der Waals surface area contributed by atoms with Crippen molar-refractivity contribution < 1.29 is 4.74 Å². The maximum atomic E-state index is 5.90. The average Bonchev–Trinajstić information content (AvgIpc) is 2.58. The van der Waals surface area contributed by atoms with Gasteiger partial charge in [-0.15, -0.1) is 0 Å². The first-order valence-corrected chi connectivity index (χ1v) is 6.14. The topological polar surface area (TPSA) is 21.3 Å². The maximum Gasteiger partial charge on any atom is 0.123 e. The molecule has 0 aromatic heterocycles. The van der Waals surface area contributed by atoms with Gasteiger partial charge in [0.2, 0.25) is 0 Å². The molecule has 0 aliphatic carbocycles. The van der Waals surface area contributed by atoms with Crippen molar-refractivity contribution in [2.75, 3.05) is 6.54 Å². The first kappa shape index (κ1) is 11.5. The second-order valence-corrected chi connectivity index (χ2v) is 4.95. The van der Waals surface area contributed by atoms with Crippen molar-refractivity contribution >= 4 is 0 Å². The summed E-state index contributed by atoms with van der Waals surface area (Å²) in [5, 5.41) is 3.43. The van der Waals surface area contributed by atoms with Crippen LogP contribution in [0.3, 0.4) is 0 Å². The smallest absolute Gasteiger partial charge is 0.123 e.